The zero-order chi connectivity index (χ0) is 13.0. The largest absolute Gasteiger partial charge is 0.370 e. The van der Waals surface area contributed by atoms with Gasteiger partial charge in [0.1, 0.15) is 0 Å². The Hall–Kier alpha value is -0.770. The molecule has 1 aliphatic carbocycles. The van der Waals surface area contributed by atoms with Crippen molar-refractivity contribution < 1.29 is 0 Å². The molecule has 4 heteroatoms. The number of hydrogen-bond donors (Lipinski definition) is 2. The van der Waals surface area contributed by atoms with Crippen LogP contribution in [0.5, 0.6) is 0 Å². The van der Waals surface area contributed by atoms with Crippen LogP contribution in [-0.2, 0) is 0 Å². The summed E-state index contributed by atoms with van der Waals surface area (Å²) in [5.41, 5.74) is 5.96. The maximum atomic E-state index is 5.96. The van der Waals surface area contributed by atoms with E-state index in [4.69, 9.17) is 5.73 Å². The van der Waals surface area contributed by atoms with Crippen LogP contribution in [0.1, 0.15) is 46.0 Å². The molecule has 3 atom stereocenters. The molecule has 0 amide bonds. The second-order valence-electron chi connectivity index (χ2n) is 5.69. The van der Waals surface area contributed by atoms with Crippen LogP contribution < -0.4 is 11.1 Å². The van der Waals surface area contributed by atoms with Gasteiger partial charge in [0, 0.05) is 12.1 Å². The molecule has 0 aromatic carbocycles. The predicted molar refractivity (Wildman–Crippen MR) is 76.7 cm³/mol. The molecule has 2 rings (SSSR count). The maximum absolute atomic E-state index is 5.96. The molecule has 0 bridgehead atoms. The molecule has 0 aromatic heterocycles. The number of likely N-dealkylation sites (tertiary alicyclic amines) is 1. The van der Waals surface area contributed by atoms with Crippen LogP contribution in [0.2, 0.25) is 0 Å². The van der Waals surface area contributed by atoms with Gasteiger partial charge in [0.05, 0.1) is 6.54 Å². The first-order valence-corrected chi connectivity index (χ1v) is 7.55. The first-order valence-electron chi connectivity index (χ1n) is 7.55. The quantitative estimate of drug-likeness (QED) is 0.557. The molecule has 3 N–H and O–H groups in total. The van der Waals surface area contributed by atoms with Crippen molar-refractivity contribution in [2.24, 2.45) is 16.6 Å². The van der Waals surface area contributed by atoms with Gasteiger partial charge >= 0.3 is 0 Å². The molecule has 2 fully saturated rings. The fraction of sp³-hybridized carbons (Fsp3) is 0.929. The van der Waals surface area contributed by atoms with Gasteiger partial charge in [-0.05, 0) is 44.7 Å². The van der Waals surface area contributed by atoms with E-state index < -0.39 is 0 Å². The van der Waals surface area contributed by atoms with E-state index in [1.165, 1.54) is 38.6 Å². The third kappa shape index (κ3) is 3.61. The standard InChI is InChI=1S/C14H28N4/c1-3-6-11-9-13(11)17-14(15)16-10-12-7-5-8-18(12)4-2/h11-13H,3-10H2,1-2H3,(H3,15,16,17). The molecule has 1 heterocycles. The third-order valence-corrected chi connectivity index (χ3v) is 4.29. The maximum Gasteiger partial charge on any atom is 0.188 e. The first kappa shape index (κ1) is 13.7. The van der Waals surface area contributed by atoms with Crippen molar-refractivity contribution in [3.05, 3.63) is 0 Å². The van der Waals surface area contributed by atoms with E-state index in [-0.39, 0.29) is 0 Å². The lowest BCUT2D eigenvalue weighted by Gasteiger charge is -2.21. The molecule has 0 aromatic rings. The number of hydrogen-bond acceptors (Lipinski definition) is 2. The van der Waals surface area contributed by atoms with Crippen molar-refractivity contribution in [3.8, 4) is 0 Å². The summed E-state index contributed by atoms with van der Waals surface area (Å²) >= 11 is 0. The molecule has 0 spiro atoms. The van der Waals surface area contributed by atoms with Crippen molar-refractivity contribution in [1.29, 1.82) is 0 Å². The number of nitrogens with two attached hydrogens (primary N) is 1. The summed E-state index contributed by atoms with van der Waals surface area (Å²) < 4.78 is 0. The van der Waals surface area contributed by atoms with Crippen molar-refractivity contribution >= 4 is 5.96 Å². The van der Waals surface area contributed by atoms with Gasteiger partial charge in [-0.15, -0.1) is 0 Å². The van der Waals surface area contributed by atoms with E-state index >= 15 is 0 Å². The SMILES string of the molecule is CCCC1CC1NC(N)=NCC1CCCN1CC. The van der Waals surface area contributed by atoms with Gasteiger partial charge in [-0.25, -0.2) is 0 Å². The highest BCUT2D eigenvalue weighted by molar-refractivity contribution is 5.78. The molecule has 1 saturated carbocycles. The minimum absolute atomic E-state index is 0.597. The van der Waals surface area contributed by atoms with E-state index in [1.54, 1.807) is 0 Å². The van der Waals surface area contributed by atoms with Gasteiger partial charge in [-0.2, -0.15) is 0 Å². The van der Waals surface area contributed by atoms with Gasteiger partial charge in [0.2, 0.25) is 0 Å². The topological polar surface area (TPSA) is 53.6 Å². The van der Waals surface area contributed by atoms with Crippen LogP contribution in [0.25, 0.3) is 0 Å². The van der Waals surface area contributed by atoms with Crippen LogP contribution >= 0.6 is 0 Å². The number of nitrogens with zero attached hydrogens (tertiary/aromatic N) is 2. The number of likely N-dealkylation sites (N-methyl/N-ethyl adjacent to an activating group) is 1. The first-order chi connectivity index (χ1) is 8.74. The molecule has 2 aliphatic rings. The lowest BCUT2D eigenvalue weighted by molar-refractivity contribution is 0.273. The Kier molecular flexibility index (Phi) is 4.87. The number of nitrogens with one attached hydrogen (secondary N) is 1. The van der Waals surface area contributed by atoms with Gasteiger partial charge in [0.15, 0.2) is 5.96 Å². The molecule has 104 valence electrons. The Labute approximate surface area is 111 Å². The molecule has 18 heavy (non-hydrogen) atoms. The van der Waals surface area contributed by atoms with E-state index in [0.29, 0.717) is 18.0 Å². The van der Waals surface area contributed by atoms with Crippen LogP contribution in [0.4, 0.5) is 0 Å². The molecular formula is C14H28N4. The number of aliphatic imine (C=N–C) groups is 1. The molecule has 3 unspecified atom stereocenters. The Morgan fingerprint density at radius 3 is 3.00 bits per heavy atom. The molecular weight excluding hydrogens is 224 g/mol. The lowest BCUT2D eigenvalue weighted by atomic mass is 10.2. The van der Waals surface area contributed by atoms with Gasteiger partial charge < -0.3 is 11.1 Å². The molecule has 1 aliphatic heterocycles. The van der Waals surface area contributed by atoms with E-state index in [2.05, 4.69) is 29.1 Å². The monoisotopic (exact) mass is 252 g/mol. The Balaban J connectivity index is 1.69. The predicted octanol–water partition coefficient (Wildman–Crippen LogP) is 1.56. The fourth-order valence-corrected chi connectivity index (χ4v) is 3.07. The highest BCUT2D eigenvalue weighted by Gasteiger charge is 2.36. The third-order valence-electron chi connectivity index (χ3n) is 4.29. The Morgan fingerprint density at radius 1 is 1.44 bits per heavy atom. The smallest absolute Gasteiger partial charge is 0.188 e. The van der Waals surface area contributed by atoms with E-state index in [9.17, 15) is 0 Å². The van der Waals surface area contributed by atoms with E-state index in [1.807, 2.05) is 0 Å². The summed E-state index contributed by atoms with van der Waals surface area (Å²) in [4.78, 5) is 7.03. The minimum Gasteiger partial charge on any atom is -0.370 e. The highest BCUT2D eigenvalue weighted by Crippen LogP contribution is 2.34. The van der Waals surface area contributed by atoms with Crippen LogP contribution in [0.3, 0.4) is 0 Å². The number of rotatable bonds is 6. The van der Waals surface area contributed by atoms with Crippen molar-refractivity contribution in [3.63, 3.8) is 0 Å². The Morgan fingerprint density at radius 2 is 2.28 bits per heavy atom. The lowest BCUT2D eigenvalue weighted by Crippen LogP contribution is -2.37. The average Bonchev–Trinajstić information content (AvgIpc) is 2.93. The van der Waals surface area contributed by atoms with Gasteiger partial charge in [-0.1, -0.05) is 20.3 Å². The zero-order valence-electron chi connectivity index (χ0n) is 11.9. The molecule has 0 radical (unpaired) electrons. The summed E-state index contributed by atoms with van der Waals surface area (Å²) in [5, 5.41) is 3.35. The van der Waals surface area contributed by atoms with Crippen molar-refractivity contribution in [2.45, 2.75) is 58.0 Å². The number of guanidine groups is 1. The van der Waals surface area contributed by atoms with Crippen molar-refractivity contribution in [1.82, 2.24) is 10.2 Å². The Bertz CT molecular complexity index is 290. The van der Waals surface area contributed by atoms with Crippen LogP contribution in [0.15, 0.2) is 4.99 Å². The second kappa shape index (κ2) is 6.41. The normalized spacial score (nSPS) is 32.8. The minimum atomic E-state index is 0.597. The zero-order valence-corrected chi connectivity index (χ0v) is 11.9. The average molecular weight is 252 g/mol. The summed E-state index contributed by atoms with van der Waals surface area (Å²) in [7, 11) is 0. The summed E-state index contributed by atoms with van der Waals surface area (Å²) in [6, 6.07) is 1.21. The summed E-state index contributed by atoms with van der Waals surface area (Å²) in [5.74, 6) is 1.49. The fourth-order valence-electron chi connectivity index (χ4n) is 3.07. The second-order valence-corrected chi connectivity index (χ2v) is 5.69. The molecule has 1 saturated heterocycles. The summed E-state index contributed by atoms with van der Waals surface area (Å²) in [6.45, 7) is 7.69. The van der Waals surface area contributed by atoms with E-state index in [0.717, 1.165) is 19.0 Å². The highest BCUT2D eigenvalue weighted by atomic mass is 15.2. The van der Waals surface area contributed by atoms with Gasteiger partial charge in [-0.3, -0.25) is 9.89 Å². The molecule has 4 nitrogen and oxygen atoms in total. The van der Waals surface area contributed by atoms with Crippen molar-refractivity contribution in [2.75, 3.05) is 19.6 Å². The van der Waals surface area contributed by atoms with Crippen LogP contribution in [-0.4, -0.2) is 42.6 Å². The van der Waals surface area contributed by atoms with Gasteiger partial charge in [0.25, 0.3) is 0 Å². The summed E-state index contributed by atoms with van der Waals surface area (Å²) in [6.07, 6.45) is 6.44. The van der Waals surface area contributed by atoms with Crippen LogP contribution in [0, 0.1) is 5.92 Å².